The monoisotopic (exact) mass is 292 g/mol. The number of hydrogen-bond donors (Lipinski definition) is 2. The van der Waals surface area contributed by atoms with Crippen LogP contribution in [0.5, 0.6) is 0 Å². The molecule has 1 fully saturated rings. The molecule has 1 aliphatic carbocycles. The summed E-state index contributed by atoms with van der Waals surface area (Å²) >= 11 is 0. The highest BCUT2D eigenvalue weighted by molar-refractivity contribution is 7.88. The SMILES string of the molecule is CC(C)(C)OC(=O)N[C@@H]1CCCC[C@@H]1NS(C)(=O)=O. The third kappa shape index (κ3) is 6.77. The lowest BCUT2D eigenvalue weighted by Crippen LogP contribution is -2.53. The number of carbonyl (C=O) groups is 1. The highest BCUT2D eigenvalue weighted by atomic mass is 32.2. The maximum absolute atomic E-state index is 11.7. The number of amides is 1. The summed E-state index contributed by atoms with van der Waals surface area (Å²) in [5.74, 6) is 0. The molecule has 1 rings (SSSR count). The Bertz CT molecular complexity index is 414. The van der Waals surface area contributed by atoms with Gasteiger partial charge in [0.05, 0.1) is 6.26 Å². The molecule has 7 heteroatoms. The van der Waals surface area contributed by atoms with Gasteiger partial charge in [-0.1, -0.05) is 12.8 Å². The predicted octanol–water partition coefficient (Wildman–Crippen LogP) is 1.37. The van der Waals surface area contributed by atoms with E-state index >= 15 is 0 Å². The third-order valence-electron chi connectivity index (χ3n) is 2.83. The quantitative estimate of drug-likeness (QED) is 0.823. The van der Waals surface area contributed by atoms with Crippen LogP contribution >= 0.6 is 0 Å². The van der Waals surface area contributed by atoms with Gasteiger partial charge in [-0.05, 0) is 33.6 Å². The summed E-state index contributed by atoms with van der Waals surface area (Å²) in [7, 11) is -3.27. The lowest BCUT2D eigenvalue weighted by molar-refractivity contribution is 0.0483. The molecule has 0 saturated heterocycles. The first-order chi connectivity index (χ1) is 8.57. The summed E-state index contributed by atoms with van der Waals surface area (Å²) < 4.78 is 30.4. The second-order valence-corrected chi connectivity index (χ2v) is 7.81. The molecule has 0 bridgehead atoms. The number of ether oxygens (including phenoxy) is 1. The molecule has 1 aliphatic rings. The molecule has 19 heavy (non-hydrogen) atoms. The van der Waals surface area contributed by atoms with Crippen LogP contribution in [-0.4, -0.2) is 38.5 Å². The fraction of sp³-hybridized carbons (Fsp3) is 0.917. The van der Waals surface area contributed by atoms with Gasteiger partial charge in [0.1, 0.15) is 5.60 Å². The number of alkyl carbamates (subject to hydrolysis) is 1. The molecule has 0 aliphatic heterocycles. The molecule has 0 spiro atoms. The molecule has 0 radical (unpaired) electrons. The molecule has 1 amide bonds. The van der Waals surface area contributed by atoms with E-state index in [9.17, 15) is 13.2 Å². The first-order valence-electron chi connectivity index (χ1n) is 6.54. The molecule has 1 saturated carbocycles. The van der Waals surface area contributed by atoms with Crippen LogP contribution in [0.3, 0.4) is 0 Å². The Balaban J connectivity index is 2.60. The molecular weight excluding hydrogens is 268 g/mol. The molecule has 6 nitrogen and oxygen atoms in total. The van der Waals surface area contributed by atoms with Crippen molar-refractivity contribution in [2.45, 2.75) is 64.1 Å². The minimum Gasteiger partial charge on any atom is -0.444 e. The summed E-state index contributed by atoms with van der Waals surface area (Å²) in [4.78, 5) is 11.7. The van der Waals surface area contributed by atoms with Gasteiger partial charge in [-0.25, -0.2) is 17.9 Å². The highest BCUT2D eigenvalue weighted by Crippen LogP contribution is 2.19. The lowest BCUT2D eigenvalue weighted by Gasteiger charge is -2.32. The lowest BCUT2D eigenvalue weighted by atomic mass is 9.91. The molecule has 0 aromatic rings. The van der Waals surface area contributed by atoms with Gasteiger partial charge >= 0.3 is 6.09 Å². The smallest absolute Gasteiger partial charge is 0.407 e. The second kappa shape index (κ2) is 6.09. The first-order valence-corrected chi connectivity index (χ1v) is 8.43. The summed E-state index contributed by atoms with van der Waals surface area (Å²) in [5.41, 5.74) is -0.557. The number of sulfonamides is 1. The Morgan fingerprint density at radius 1 is 1.16 bits per heavy atom. The Labute approximate surface area is 115 Å². The van der Waals surface area contributed by atoms with E-state index in [-0.39, 0.29) is 12.1 Å². The topological polar surface area (TPSA) is 84.5 Å². The highest BCUT2D eigenvalue weighted by Gasteiger charge is 2.30. The number of carbonyl (C=O) groups excluding carboxylic acids is 1. The molecular formula is C12H24N2O4S. The molecule has 0 heterocycles. The van der Waals surface area contributed by atoms with Crippen LogP contribution < -0.4 is 10.0 Å². The van der Waals surface area contributed by atoms with Gasteiger partial charge in [0.15, 0.2) is 0 Å². The van der Waals surface area contributed by atoms with E-state index in [0.29, 0.717) is 0 Å². The van der Waals surface area contributed by atoms with Crippen molar-refractivity contribution in [2.24, 2.45) is 0 Å². The molecule has 0 unspecified atom stereocenters. The van der Waals surface area contributed by atoms with Crippen molar-refractivity contribution in [3.05, 3.63) is 0 Å². The number of nitrogens with one attached hydrogen (secondary N) is 2. The Kier molecular flexibility index (Phi) is 5.20. The summed E-state index contributed by atoms with van der Waals surface area (Å²) in [6, 6.07) is -0.463. The van der Waals surface area contributed by atoms with Crippen LogP contribution in [0.1, 0.15) is 46.5 Å². The third-order valence-corrected chi connectivity index (χ3v) is 3.56. The number of hydrogen-bond acceptors (Lipinski definition) is 4. The molecule has 112 valence electrons. The normalized spacial score (nSPS) is 24.8. The summed E-state index contributed by atoms with van der Waals surface area (Å²) in [6.45, 7) is 5.37. The van der Waals surface area contributed by atoms with E-state index in [1.54, 1.807) is 20.8 Å². The second-order valence-electron chi connectivity index (χ2n) is 6.03. The average molecular weight is 292 g/mol. The van der Waals surface area contributed by atoms with Crippen molar-refractivity contribution in [1.29, 1.82) is 0 Å². The Hall–Kier alpha value is -0.820. The fourth-order valence-electron chi connectivity index (χ4n) is 2.18. The van der Waals surface area contributed by atoms with Gasteiger partial charge in [-0.15, -0.1) is 0 Å². The average Bonchev–Trinajstić information content (AvgIpc) is 2.15. The minimum absolute atomic E-state index is 0.210. The zero-order valence-electron chi connectivity index (χ0n) is 12.0. The maximum atomic E-state index is 11.7. The van der Waals surface area contributed by atoms with Crippen LogP contribution in [-0.2, 0) is 14.8 Å². The zero-order chi connectivity index (χ0) is 14.7. The summed E-state index contributed by atoms with van der Waals surface area (Å²) in [6.07, 6.45) is 4.05. The van der Waals surface area contributed by atoms with Gasteiger partial charge in [0.25, 0.3) is 0 Å². The largest absolute Gasteiger partial charge is 0.444 e. The van der Waals surface area contributed by atoms with Crippen molar-refractivity contribution in [3.8, 4) is 0 Å². The van der Waals surface area contributed by atoms with Gasteiger partial charge in [0.2, 0.25) is 10.0 Å². The van der Waals surface area contributed by atoms with Crippen LogP contribution in [0.2, 0.25) is 0 Å². The zero-order valence-corrected chi connectivity index (χ0v) is 12.8. The van der Waals surface area contributed by atoms with E-state index in [1.807, 2.05) is 0 Å². The van der Waals surface area contributed by atoms with Gasteiger partial charge < -0.3 is 10.1 Å². The van der Waals surface area contributed by atoms with Crippen LogP contribution in [0.25, 0.3) is 0 Å². The van der Waals surface area contributed by atoms with Crippen molar-refractivity contribution in [3.63, 3.8) is 0 Å². The fourth-order valence-corrected chi connectivity index (χ4v) is 3.01. The summed E-state index contributed by atoms with van der Waals surface area (Å²) in [5, 5.41) is 2.76. The molecule has 0 aromatic carbocycles. The van der Waals surface area contributed by atoms with E-state index in [0.717, 1.165) is 31.9 Å². The van der Waals surface area contributed by atoms with Crippen molar-refractivity contribution in [2.75, 3.05) is 6.26 Å². The Morgan fingerprint density at radius 2 is 1.68 bits per heavy atom. The van der Waals surface area contributed by atoms with Gasteiger partial charge in [-0.3, -0.25) is 0 Å². The molecule has 2 N–H and O–H groups in total. The van der Waals surface area contributed by atoms with Crippen molar-refractivity contribution >= 4 is 16.1 Å². The molecule has 2 atom stereocenters. The van der Waals surface area contributed by atoms with E-state index in [4.69, 9.17) is 4.74 Å². The van der Waals surface area contributed by atoms with Crippen molar-refractivity contribution in [1.82, 2.24) is 10.0 Å². The van der Waals surface area contributed by atoms with Crippen LogP contribution in [0.15, 0.2) is 0 Å². The minimum atomic E-state index is -3.27. The number of rotatable bonds is 3. The van der Waals surface area contributed by atoms with Crippen molar-refractivity contribution < 1.29 is 17.9 Å². The van der Waals surface area contributed by atoms with Crippen LogP contribution in [0, 0.1) is 0 Å². The van der Waals surface area contributed by atoms with E-state index < -0.39 is 21.7 Å². The predicted molar refractivity (Wildman–Crippen MR) is 73.4 cm³/mol. The maximum Gasteiger partial charge on any atom is 0.407 e. The van der Waals surface area contributed by atoms with Gasteiger partial charge in [0, 0.05) is 12.1 Å². The molecule has 0 aromatic heterocycles. The van der Waals surface area contributed by atoms with E-state index in [2.05, 4.69) is 10.0 Å². The Morgan fingerprint density at radius 3 is 2.16 bits per heavy atom. The van der Waals surface area contributed by atoms with Gasteiger partial charge in [-0.2, -0.15) is 0 Å². The van der Waals surface area contributed by atoms with Crippen LogP contribution in [0.4, 0.5) is 4.79 Å². The standard InChI is InChI=1S/C12H24N2O4S/c1-12(2,3)18-11(15)13-9-7-5-6-8-10(9)14-19(4,16)17/h9-10,14H,5-8H2,1-4H3,(H,13,15)/t9-,10+/m1/s1. The van der Waals surface area contributed by atoms with E-state index in [1.165, 1.54) is 0 Å². The first kappa shape index (κ1) is 16.2.